The number of aromatic amines is 1. The number of nitrogens with one attached hydrogen (secondary N) is 2. The topological polar surface area (TPSA) is 65.2 Å². The number of rotatable bonds is 5. The van der Waals surface area contributed by atoms with Crippen molar-refractivity contribution in [3.05, 3.63) is 70.4 Å². The van der Waals surface area contributed by atoms with E-state index < -0.39 is 6.04 Å². The smallest absolute Gasteiger partial charge is 0.255 e. The van der Waals surface area contributed by atoms with Gasteiger partial charge in [0, 0.05) is 40.8 Å². The van der Waals surface area contributed by atoms with Crippen molar-refractivity contribution >= 4 is 34.3 Å². The van der Waals surface area contributed by atoms with Gasteiger partial charge in [-0.15, -0.1) is 0 Å². The molecule has 2 heterocycles. The quantitative estimate of drug-likeness (QED) is 0.710. The minimum atomic E-state index is -0.512. The molecule has 4 rings (SSSR count). The van der Waals surface area contributed by atoms with Crippen molar-refractivity contribution in [2.24, 2.45) is 0 Å². The molecule has 0 aliphatic carbocycles. The highest BCUT2D eigenvalue weighted by Gasteiger charge is 2.33. The van der Waals surface area contributed by atoms with Gasteiger partial charge < -0.3 is 15.2 Å². The molecule has 1 aromatic heterocycles. The summed E-state index contributed by atoms with van der Waals surface area (Å²) in [6, 6.07) is 12.7. The number of nitrogens with zero attached hydrogens (tertiary/aromatic N) is 1. The van der Waals surface area contributed by atoms with Gasteiger partial charge in [0.25, 0.3) is 5.91 Å². The average Bonchev–Trinajstić information content (AvgIpc) is 3.22. The Labute approximate surface area is 162 Å². The molecule has 2 aromatic carbocycles. The summed E-state index contributed by atoms with van der Waals surface area (Å²) in [4.78, 5) is 29.9. The first-order valence-electron chi connectivity index (χ1n) is 8.96. The highest BCUT2D eigenvalue weighted by atomic mass is 35.5. The summed E-state index contributed by atoms with van der Waals surface area (Å²) in [5.74, 6) is -0.228. The Kier molecular flexibility index (Phi) is 4.62. The van der Waals surface area contributed by atoms with Crippen molar-refractivity contribution in [3.63, 3.8) is 0 Å². The third kappa shape index (κ3) is 3.30. The molecule has 0 spiro atoms. The van der Waals surface area contributed by atoms with Crippen molar-refractivity contribution in [3.8, 4) is 0 Å². The first-order valence-corrected chi connectivity index (χ1v) is 9.34. The van der Waals surface area contributed by atoms with E-state index in [4.69, 9.17) is 11.6 Å². The van der Waals surface area contributed by atoms with E-state index in [2.05, 4.69) is 10.3 Å². The van der Waals surface area contributed by atoms with Crippen LogP contribution in [0.15, 0.2) is 48.7 Å². The zero-order chi connectivity index (χ0) is 19.0. The Hall–Kier alpha value is -2.79. The zero-order valence-electron chi connectivity index (χ0n) is 15.0. The summed E-state index contributed by atoms with van der Waals surface area (Å²) in [7, 11) is 0. The second kappa shape index (κ2) is 7.08. The summed E-state index contributed by atoms with van der Waals surface area (Å²) in [6.45, 7) is 2.74. The van der Waals surface area contributed by atoms with E-state index in [0.29, 0.717) is 30.1 Å². The molecular weight excluding hydrogens is 362 g/mol. The Bertz CT molecular complexity index is 1030. The van der Waals surface area contributed by atoms with Crippen molar-refractivity contribution < 1.29 is 9.59 Å². The number of carbonyl (C=O) groups is 2. The molecule has 0 bridgehead atoms. The molecule has 2 amide bonds. The predicted molar refractivity (Wildman–Crippen MR) is 106 cm³/mol. The molecule has 6 heteroatoms. The Morgan fingerprint density at radius 3 is 2.93 bits per heavy atom. The third-order valence-corrected chi connectivity index (χ3v) is 5.35. The Morgan fingerprint density at radius 1 is 1.30 bits per heavy atom. The number of hydrogen-bond donors (Lipinski definition) is 2. The Balaban J connectivity index is 1.37. The summed E-state index contributed by atoms with van der Waals surface area (Å²) in [6.07, 6.45) is 2.63. The van der Waals surface area contributed by atoms with Crippen LogP contribution in [-0.4, -0.2) is 34.3 Å². The lowest BCUT2D eigenvalue weighted by atomic mass is 10.1. The second-order valence-corrected chi connectivity index (χ2v) is 7.25. The maximum Gasteiger partial charge on any atom is 0.255 e. The molecule has 5 nitrogen and oxygen atoms in total. The lowest BCUT2D eigenvalue weighted by Crippen LogP contribution is -2.45. The molecule has 1 aliphatic rings. The highest BCUT2D eigenvalue weighted by Crippen LogP contribution is 2.25. The van der Waals surface area contributed by atoms with Crippen molar-refractivity contribution in [1.82, 2.24) is 15.2 Å². The van der Waals surface area contributed by atoms with E-state index in [1.165, 1.54) is 0 Å². The second-order valence-electron chi connectivity index (χ2n) is 6.81. The number of aromatic nitrogens is 1. The predicted octanol–water partition coefficient (Wildman–Crippen LogP) is 3.52. The fourth-order valence-corrected chi connectivity index (χ4v) is 3.73. The monoisotopic (exact) mass is 381 g/mol. The van der Waals surface area contributed by atoms with E-state index in [1.807, 2.05) is 48.7 Å². The van der Waals surface area contributed by atoms with Gasteiger partial charge in [-0.25, -0.2) is 0 Å². The molecule has 0 radical (unpaired) electrons. The van der Waals surface area contributed by atoms with Gasteiger partial charge in [-0.2, -0.15) is 0 Å². The van der Waals surface area contributed by atoms with Crippen LogP contribution >= 0.6 is 11.6 Å². The van der Waals surface area contributed by atoms with Crippen LogP contribution in [-0.2, 0) is 17.8 Å². The fraction of sp³-hybridized carbons (Fsp3) is 0.238. The van der Waals surface area contributed by atoms with E-state index in [0.717, 1.165) is 22.0 Å². The van der Waals surface area contributed by atoms with Crippen LogP contribution < -0.4 is 5.32 Å². The number of benzene rings is 2. The molecule has 0 fully saturated rings. The molecular formula is C21H20ClN3O2. The van der Waals surface area contributed by atoms with Crippen LogP contribution in [0.5, 0.6) is 0 Å². The van der Waals surface area contributed by atoms with Crippen LogP contribution in [0.4, 0.5) is 0 Å². The van der Waals surface area contributed by atoms with Gasteiger partial charge in [-0.3, -0.25) is 9.59 Å². The fourth-order valence-electron chi connectivity index (χ4n) is 3.56. The Morgan fingerprint density at radius 2 is 2.11 bits per heavy atom. The molecule has 0 saturated carbocycles. The lowest BCUT2D eigenvalue weighted by Gasteiger charge is -2.23. The van der Waals surface area contributed by atoms with Crippen molar-refractivity contribution in [2.45, 2.75) is 25.9 Å². The molecule has 138 valence electrons. The van der Waals surface area contributed by atoms with E-state index in [1.54, 1.807) is 11.8 Å². The van der Waals surface area contributed by atoms with Crippen molar-refractivity contribution in [1.29, 1.82) is 0 Å². The number of hydrogen-bond acceptors (Lipinski definition) is 2. The number of carbonyl (C=O) groups excluding carboxylic acids is 2. The van der Waals surface area contributed by atoms with Crippen LogP contribution in [0.3, 0.4) is 0 Å². The molecule has 1 atom stereocenters. The van der Waals surface area contributed by atoms with Crippen LogP contribution in [0.25, 0.3) is 10.9 Å². The minimum Gasteiger partial charge on any atom is -0.361 e. The summed E-state index contributed by atoms with van der Waals surface area (Å²) < 4.78 is 0. The molecule has 27 heavy (non-hydrogen) atoms. The van der Waals surface area contributed by atoms with Gasteiger partial charge in [0.1, 0.15) is 6.04 Å². The van der Waals surface area contributed by atoms with E-state index in [9.17, 15) is 9.59 Å². The van der Waals surface area contributed by atoms with Gasteiger partial charge in [0.05, 0.1) is 0 Å². The summed E-state index contributed by atoms with van der Waals surface area (Å²) in [5, 5.41) is 4.70. The maximum atomic E-state index is 12.5. The summed E-state index contributed by atoms with van der Waals surface area (Å²) in [5.41, 5.74) is 3.78. The van der Waals surface area contributed by atoms with Gasteiger partial charge in [0.2, 0.25) is 5.91 Å². The SMILES string of the molecule is CC(C(=O)NCCc1c[nH]c2ccc(Cl)cc12)N1Cc2ccccc2C1=O. The average molecular weight is 382 g/mol. The highest BCUT2D eigenvalue weighted by molar-refractivity contribution is 6.31. The number of amides is 2. The number of H-pyrrole nitrogens is 1. The molecule has 2 N–H and O–H groups in total. The maximum absolute atomic E-state index is 12.5. The number of halogens is 1. The van der Waals surface area contributed by atoms with Gasteiger partial charge in [-0.1, -0.05) is 29.8 Å². The standard InChI is InChI=1S/C21H20ClN3O2/c1-13(25-12-15-4-2-3-5-17(15)21(25)27)20(26)23-9-8-14-11-24-19-7-6-16(22)10-18(14)19/h2-7,10-11,13,24H,8-9,12H2,1H3,(H,23,26). The lowest BCUT2D eigenvalue weighted by molar-refractivity contribution is -0.125. The first kappa shape index (κ1) is 17.6. The normalized spacial score (nSPS) is 14.4. The zero-order valence-corrected chi connectivity index (χ0v) is 15.7. The molecule has 1 unspecified atom stereocenters. The molecule has 1 aliphatic heterocycles. The summed E-state index contributed by atoms with van der Waals surface area (Å²) >= 11 is 6.08. The van der Waals surface area contributed by atoms with E-state index in [-0.39, 0.29) is 11.8 Å². The van der Waals surface area contributed by atoms with E-state index >= 15 is 0 Å². The molecule has 3 aromatic rings. The van der Waals surface area contributed by atoms with Crippen LogP contribution in [0, 0.1) is 0 Å². The first-order chi connectivity index (χ1) is 13.0. The molecule has 0 saturated heterocycles. The minimum absolute atomic E-state index is 0.0838. The number of fused-ring (bicyclic) bond motifs is 2. The third-order valence-electron chi connectivity index (χ3n) is 5.12. The van der Waals surface area contributed by atoms with Crippen LogP contribution in [0.1, 0.15) is 28.4 Å². The van der Waals surface area contributed by atoms with Gasteiger partial charge >= 0.3 is 0 Å². The van der Waals surface area contributed by atoms with Gasteiger partial charge in [0.15, 0.2) is 0 Å². The van der Waals surface area contributed by atoms with Gasteiger partial charge in [-0.05, 0) is 48.7 Å². The largest absolute Gasteiger partial charge is 0.361 e. The van der Waals surface area contributed by atoms with Crippen LogP contribution in [0.2, 0.25) is 5.02 Å². The van der Waals surface area contributed by atoms with Crippen molar-refractivity contribution in [2.75, 3.05) is 6.54 Å².